The fraction of sp³-hybridized carbons (Fsp3) is 0.294. The van der Waals surface area contributed by atoms with Crippen LogP contribution >= 0.6 is 0 Å². The average Bonchev–Trinajstić information content (AvgIpc) is 2.84. The average molecular weight is 326 g/mol. The van der Waals surface area contributed by atoms with Gasteiger partial charge in [0.25, 0.3) is 0 Å². The Morgan fingerprint density at radius 1 is 1.33 bits per heavy atom. The third-order valence-electron chi connectivity index (χ3n) is 3.59. The van der Waals surface area contributed by atoms with Gasteiger partial charge in [-0.3, -0.25) is 4.68 Å². The number of ether oxygens (including phenoxy) is 1. The molecule has 0 atom stereocenters. The van der Waals surface area contributed by atoms with Crippen LogP contribution in [-0.4, -0.2) is 28.6 Å². The zero-order valence-electron chi connectivity index (χ0n) is 14.0. The molecule has 1 heterocycles. The van der Waals surface area contributed by atoms with Gasteiger partial charge >= 0.3 is 5.97 Å². The number of hydrogen-bond acceptors (Lipinski definition) is 6. The van der Waals surface area contributed by atoms with Crippen LogP contribution in [-0.2, 0) is 28.0 Å². The summed E-state index contributed by atoms with van der Waals surface area (Å²) in [6.45, 7) is 3.81. The number of carbonyl (C=O) groups excluding carboxylic acids is 1. The van der Waals surface area contributed by atoms with E-state index in [0.717, 1.165) is 11.3 Å². The lowest BCUT2D eigenvalue weighted by Crippen LogP contribution is -2.19. The number of nitriles is 1. The number of esters is 1. The van der Waals surface area contributed by atoms with Crippen molar-refractivity contribution < 1.29 is 14.4 Å². The molecular formula is C17H18N4O3. The Labute approximate surface area is 140 Å². The second-order valence-corrected chi connectivity index (χ2v) is 5.18. The molecule has 0 spiro atoms. The molecule has 0 amide bonds. The van der Waals surface area contributed by atoms with Gasteiger partial charge in [0.05, 0.1) is 30.0 Å². The Morgan fingerprint density at radius 3 is 2.50 bits per heavy atom. The minimum atomic E-state index is -0.589. The molecule has 7 nitrogen and oxygen atoms in total. The largest absolute Gasteiger partial charge is 0.464 e. The molecule has 0 aliphatic rings. The van der Waals surface area contributed by atoms with Gasteiger partial charge in [0.2, 0.25) is 0 Å². The van der Waals surface area contributed by atoms with E-state index in [2.05, 4.69) is 10.3 Å². The molecule has 0 bridgehead atoms. The molecule has 0 saturated heterocycles. The first-order valence-corrected chi connectivity index (χ1v) is 7.25. The summed E-state index contributed by atoms with van der Waals surface area (Å²) in [6, 6.07) is 8.98. The maximum absolute atomic E-state index is 12.0. The first-order valence-electron chi connectivity index (χ1n) is 7.25. The third kappa shape index (κ3) is 3.60. The van der Waals surface area contributed by atoms with Gasteiger partial charge in [-0.05, 0) is 31.5 Å². The van der Waals surface area contributed by atoms with Crippen molar-refractivity contribution >= 4 is 11.7 Å². The Morgan fingerprint density at radius 2 is 2.00 bits per heavy atom. The molecule has 0 aliphatic carbocycles. The molecule has 7 heteroatoms. The summed E-state index contributed by atoms with van der Waals surface area (Å²) in [4.78, 5) is 17.4. The van der Waals surface area contributed by atoms with E-state index in [9.17, 15) is 4.79 Å². The number of hydrogen-bond donors (Lipinski definition) is 0. The van der Waals surface area contributed by atoms with Gasteiger partial charge in [0, 0.05) is 12.7 Å². The number of aromatic nitrogens is 2. The van der Waals surface area contributed by atoms with Crippen LogP contribution in [0, 0.1) is 25.2 Å². The SMILES string of the molecule is COC(=O)/C(=N\OCc1ccc(C#N)cc1)c1c(C)nn(C)c1C. The molecule has 2 rings (SSSR count). The maximum Gasteiger partial charge on any atom is 0.360 e. The Hall–Kier alpha value is -3.14. The highest BCUT2D eigenvalue weighted by atomic mass is 16.6. The van der Waals surface area contributed by atoms with Crippen LogP contribution in [0.25, 0.3) is 0 Å². The lowest BCUT2D eigenvalue weighted by Gasteiger charge is -2.06. The number of benzene rings is 1. The van der Waals surface area contributed by atoms with E-state index in [4.69, 9.17) is 14.8 Å². The van der Waals surface area contributed by atoms with E-state index in [1.165, 1.54) is 7.11 Å². The van der Waals surface area contributed by atoms with Crippen LogP contribution in [0.3, 0.4) is 0 Å². The predicted molar refractivity (Wildman–Crippen MR) is 87.2 cm³/mol. The van der Waals surface area contributed by atoms with Gasteiger partial charge in [-0.15, -0.1) is 0 Å². The van der Waals surface area contributed by atoms with Crippen LogP contribution in [0.5, 0.6) is 0 Å². The topological polar surface area (TPSA) is 89.5 Å². The van der Waals surface area contributed by atoms with Crippen molar-refractivity contribution in [2.45, 2.75) is 20.5 Å². The quantitative estimate of drug-likeness (QED) is 0.476. The van der Waals surface area contributed by atoms with Crippen LogP contribution in [0.2, 0.25) is 0 Å². The van der Waals surface area contributed by atoms with Gasteiger partial charge in [-0.2, -0.15) is 10.4 Å². The van der Waals surface area contributed by atoms with Crippen molar-refractivity contribution in [3.05, 3.63) is 52.3 Å². The van der Waals surface area contributed by atoms with Crippen LogP contribution in [0.1, 0.15) is 28.1 Å². The number of aryl methyl sites for hydroxylation is 2. The van der Waals surface area contributed by atoms with Gasteiger partial charge in [0.15, 0.2) is 5.71 Å². The van der Waals surface area contributed by atoms with Crippen molar-refractivity contribution in [2.24, 2.45) is 12.2 Å². The second kappa shape index (κ2) is 7.42. The number of methoxy groups -OCH3 is 1. The van der Waals surface area contributed by atoms with E-state index in [-0.39, 0.29) is 12.3 Å². The first-order chi connectivity index (χ1) is 11.5. The summed E-state index contributed by atoms with van der Waals surface area (Å²) in [5.41, 5.74) is 3.54. The maximum atomic E-state index is 12.0. The minimum Gasteiger partial charge on any atom is -0.464 e. The van der Waals surface area contributed by atoms with Gasteiger partial charge in [0.1, 0.15) is 6.61 Å². The summed E-state index contributed by atoms with van der Waals surface area (Å²) in [5.74, 6) is -0.589. The fourth-order valence-corrected chi connectivity index (χ4v) is 2.24. The molecule has 0 aliphatic heterocycles. The Bertz CT molecular complexity index is 814. The summed E-state index contributed by atoms with van der Waals surface area (Å²) in [6.07, 6.45) is 0. The molecule has 0 radical (unpaired) electrons. The highest BCUT2D eigenvalue weighted by molar-refractivity contribution is 6.43. The van der Waals surface area contributed by atoms with E-state index in [0.29, 0.717) is 16.8 Å². The lowest BCUT2D eigenvalue weighted by molar-refractivity contribution is -0.132. The van der Waals surface area contributed by atoms with E-state index < -0.39 is 5.97 Å². The number of oxime groups is 1. The van der Waals surface area contributed by atoms with Crippen LogP contribution < -0.4 is 0 Å². The van der Waals surface area contributed by atoms with Gasteiger partial charge in [-0.1, -0.05) is 17.3 Å². The zero-order valence-corrected chi connectivity index (χ0v) is 14.0. The molecule has 2 aromatic rings. The molecule has 1 aromatic heterocycles. The van der Waals surface area contributed by atoms with Crippen molar-refractivity contribution in [1.82, 2.24) is 9.78 Å². The van der Waals surface area contributed by atoms with E-state index in [1.807, 2.05) is 13.0 Å². The van der Waals surface area contributed by atoms with Crippen molar-refractivity contribution in [3.63, 3.8) is 0 Å². The zero-order chi connectivity index (χ0) is 17.7. The third-order valence-corrected chi connectivity index (χ3v) is 3.59. The highest BCUT2D eigenvalue weighted by Gasteiger charge is 2.23. The molecule has 1 aromatic carbocycles. The van der Waals surface area contributed by atoms with E-state index >= 15 is 0 Å². The molecule has 24 heavy (non-hydrogen) atoms. The Balaban J connectivity index is 2.23. The van der Waals surface area contributed by atoms with Crippen LogP contribution in [0.4, 0.5) is 0 Å². The molecule has 0 unspecified atom stereocenters. The van der Waals surface area contributed by atoms with Crippen LogP contribution in [0.15, 0.2) is 29.4 Å². The summed E-state index contributed by atoms with van der Waals surface area (Å²) >= 11 is 0. The van der Waals surface area contributed by atoms with Crippen molar-refractivity contribution in [1.29, 1.82) is 5.26 Å². The minimum absolute atomic E-state index is 0.0780. The standard InChI is InChI=1S/C17H18N4O3/c1-11-15(12(2)21(3)19-11)16(17(22)23-4)20-24-10-14-7-5-13(9-18)6-8-14/h5-8H,10H2,1-4H3/b20-16-. The summed E-state index contributed by atoms with van der Waals surface area (Å²) < 4.78 is 6.47. The second-order valence-electron chi connectivity index (χ2n) is 5.18. The normalized spacial score (nSPS) is 11.0. The molecule has 124 valence electrons. The van der Waals surface area contributed by atoms with Gasteiger partial charge in [-0.25, -0.2) is 4.79 Å². The predicted octanol–water partition coefficient (Wildman–Crippen LogP) is 2.00. The number of carbonyl (C=O) groups is 1. The lowest BCUT2D eigenvalue weighted by atomic mass is 10.1. The molecule has 0 N–H and O–H groups in total. The van der Waals surface area contributed by atoms with E-state index in [1.54, 1.807) is 42.9 Å². The summed E-state index contributed by atoms with van der Waals surface area (Å²) in [7, 11) is 3.08. The monoisotopic (exact) mass is 326 g/mol. The van der Waals surface area contributed by atoms with Gasteiger partial charge < -0.3 is 9.57 Å². The smallest absolute Gasteiger partial charge is 0.360 e. The van der Waals surface area contributed by atoms with Crippen molar-refractivity contribution in [3.8, 4) is 6.07 Å². The summed E-state index contributed by atoms with van der Waals surface area (Å²) in [5, 5.41) is 17.0. The highest BCUT2D eigenvalue weighted by Crippen LogP contribution is 2.15. The fourth-order valence-electron chi connectivity index (χ4n) is 2.24. The molecular weight excluding hydrogens is 308 g/mol. The number of nitrogens with zero attached hydrogens (tertiary/aromatic N) is 4. The Kier molecular flexibility index (Phi) is 5.32. The molecule has 0 saturated carbocycles. The first kappa shape index (κ1) is 17.2. The van der Waals surface area contributed by atoms with Crippen molar-refractivity contribution in [2.75, 3.05) is 7.11 Å². The number of rotatable bonds is 5. The molecule has 0 fully saturated rings.